The molecule has 0 aliphatic carbocycles. The molecule has 4 nitrogen and oxygen atoms in total. The minimum Gasteiger partial charge on any atom is -0.311 e. The van der Waals surface area contributed by atoms with Crippen molar-refractivity contribution in [2.45, 2.75) is 53.0 Å². The smallest absolute Gasteiger partial charge is 0.311 e. The molecule has 0 aromatic heterocycles. The molecule has 0 amide bonds. The van der Waals surface area contributed by atoms with Crippen molar-refractivity contribution < 1.29 is 13.6 Å². The standard InChI is InChI=1S/C22H32NO3P/c1-19(2)23(20(3)4)15-16-24-27(25-17-21-11-7-5-8-12-21)26-18-22-13-9-6-10-14-22/h5-14,19-20H,15-18H2,1-4H3. The van der Waals surface area contributed by atoms with Crippen molar-refractivity contribution >= 4 is 8.60 Å². The summed E-state index contributed by atoms with van der Waals surface area (Å²) in [5.74, 6) is 0. The van der Waals surface area contributed by atoms with Crippen LogP contribution in [0.15, 0.2) is 60.7 Å². The largest absolute Gasteiger partial charge is 0.333 e. The molecular formula is C22H32NO3P. The van der Waals surface area contributed by atoms with Crippen LogP contribution in [0.1, 0.15) is 38.8 Å². The maximum atomic E-state index is 6.00. The Hall–Kier alpha value is -1.29. The summed E-state index contributed by atoms with van der Waals surface area (Å²) in [7, 11) is -1.40. The SMILES string of the molecule is CC(C)N(CCOP(OCc1ccccc1)OCc1ccccc1)C(C)C. The molecule has 2 aromatic carbocycles. The van der Waals surface area contributed by atoms with Gasteiger partial charge in [-0.05, 0) is 38.8 Å². The summed E-state index contributed by atoms with van der Waals surface area (Å²) < 4.78 is 17.9. The van der Waals surface area contributed by atoms with Gasteiger partial charge in [0, 0.05) is 18.6 Å². The second-order valence-corrected chi connectivity index (χ2v) is 8.22. The van der Waals surface area contributed by atoms with Crippen LogP contribution in [0, 0.1) is 0 Å². The van der Waals surface area contributed by atoms with Crippen molar-refractivity contribution in [3.8, 4) is 0 Å². The maximum Gasteiger partial charge on any atom is 0.333 e. The van der Waals surface area contributed by atoms with Crippen LogP contribution in [0.3, 0.4) is 0 Å². The summed E-state index contributed by atoms with van der Waals surface area (Å²) in [6.07, 6.45) is 0. The van der Waals surface area contributed by atoms with E-state index in [0.29, 0.717) is 31.9 Å². The first kappa shape index (κ1) is 22.0. The van der Waals surface area contributed by atoms with Crippen molar-refractivity contribution in [3.63, 3.8) is 0 Å². The average molecular weight is 389 g/mol. The van der Waals surface area contributed by atoms with Crippen LogP contribution in [0.4, 0.5) is 0 Å². The van der Waals surface area contributed by atoms with Crippen LogP contribution >= 0.6 is 8.60 Å². The second kappa shape index (κ2) is 12.2. The summed E-state index contributed by atoms with van der Waals surface area (Å²) in [4.78, 5) is 2.40. The molecule has 0 unspecified atom stereocenters. The molecule has 2 aromatic rings. The molecule has 0 aliphatic rings. The molecule has 0 aliphatic heterocycles. The van der Waals surface area contributed by atoms with Gasteiger partial charge in [0.05, 0.1) is 19.8 Å². The zero-order valence-corrected chi connectivity index (χ0v) is 17.8. The third-order valence-corrected chi connectivity index (χ3v) is 5.30. The first-order chi connectivity index (χ1) is 13.1. The minimum absolute atomic E-state index is 0.482. The zero-order chi connectivity index (χ0) is 19.5. The van der Waals surface area contributed by atoms with Crippen molar-refractivity contribution in [2.24, 2.45) is 0 Å². The van der Waals surface area contributed by atoms with E-state index in [-0.39, 0.29) is 0 Å². The first-order valence-corrected chi connectivity index (χ1v) is 10.7. The molecule has 148 valence electrons. The topological polar surface area (TPSA) is 30.9 Å². The molecule has 5 heteroatoms. The van der Waals surface area contributed by atoms with Gasteiger partial charge in [-0.3, -0.25) is 4.90 Å². The van der Waals surface area contributed by atoms with Gasteiger partial charge in [0.25, 0.3) is 0 Å². The van der Waals surface area contributed by atoms with E-state index >= 15 is 0 Å². The van der Waals surface area contributed by atoms with Gasteiger partial charge < -0.3 is 13.6 Å². The molecule has 0 saturated heterocycles. The van der Waals surface area contributed by atoms with Crippen LogP contribution in [0.2, 0.25) is 0 Å². The van der Waals surface area contributed by atoms with Crippen LogP contribution in [-0.4, -0.2) is 30.1 Å². The van der Waals surface area contributed by atoms with Crippen molar-refractivity contribution in [1.29, 1.82) is 0 Å². The quantitative estimate of drug-likeness (QED) is 0.431. The highest BCUT2D eigenvalue weighted by atomic mass is 31.2. The number of rotatable bonds is 12. The van der Waals surface area contributed by atoms with Gasteiger partial charge in [0.15, 0.2) is 0 Å². The second-order valence-electron chi connectivity index (χ2n) is 7.00. The summed E-state index contributed by atoms with van der Waals surface area (Å²) >= 11 is 0. The molecule has 0 radical (unpaired) electrons. The highest BCUT2D eigenvalue weighted by molar-refractivity contribution is 7.41. The predicted octanol–water partition coefficient (Wildman–Crippen LogP) is 5.78. The Kier molecular flexibility index (Phi) is 9.96. The Morgan fingerprint density at radius 2 is 1.15 bits per heavy atom. The van der Waals surface area contributed by atoms with E-state index in [4.69, 9.17) is 13.6 Å². The number of nitrogens with zero attached hydrogens (tertiary/aromatic N) is 1. The van der Waals surface area contributed by atoms with E-state index < -0.39 is 8.60 Å². The lowest BCUT2D eigenvalue weighted by atomic mass is 10.2. The Balaban J connectivity index is 1.87. The van der Waals surface area contributed by atoms with E-state index in [0.717, 1.165) is 17.7 Å². The zero-order valence-electron chi connectivity index (χ0n) is 16.9. The summed E-state index contributed by atoms with van der Waals surface area (Å²) in [5, 5.41) is 0. The van der Waals surface area contributed by atoms with Gasteiger partial charge >= 0.3 is 8.60 Å². The van der Waals surface area contributed by atoms with Crippen molar-refractivity contribution in [2.75, 3.05) is 13.2 Å². The number of benzene rings is 2. The van der Waals surface area contributed by atoms with Gasteiger partial charge in [-0.2, -0.15) is 0 Å². The summed E-state index contributed by atoms with van der Waals surface area (Å²) in [5.41, 5.74) is 2.23. The van der Waals surface area contributed by atoms with E-state index in [9.17, 15) is 0 Å². The van der Waals surface area contributed by atoms with Crippen LogP contribution in [0.25, 0.3) is 0 Å². The Morgan fingerprint density at radius 1 is 0.704 bits per heavy atom. The monoisotopic (exact) mass is 389 g/mol. The Labute approximate surface area is 165 Å². The van der Waals surface area contributed by atoms with Gasteiger partial charge in [-0.25, -0.2) is 0 Å². The molecule has 0 bridgehead atoms. The third-order valence-electron chi connectivity index (χ3n) is 4.23. The highest BCUT2D eigenvalue weighted by Crippen LogP contribution is 2.41. The van der Waals surface area contributed by atoms with Crippen LogP contribution < -0.4 is 0 Å². The molecule has 0 heterocycles. The number of hydrogen-bond acceptors (Lipinski definition) is 4. The fraction of sp³-hybridized carbons (Fsp3) is 0.455. The molecule has 2 rings (SSSR count). The molecule has 0 saturated carbocycles. The van der Waals surface area contributed by atoms with Crippen molar-refractivity contribution in [1.82, 2.24) is 4.90 Å². The fourth-order valence-electron chi connectivity index (χ4n) is 2.85. The Bertz CT molecular complexity index is 570. The molecule has 27 heavy (non-hydrogen) atoms. The molecule has 0 N–H and O–H groups in total. The van der Waals surface area contributed by atoms with Gasteiger partial charge in [0.2, 0.25) is 0 Å². The van der Waals surface area contributed by atoms with Gasteiger partial charge in [-0.15, -0.1) is 0 Å². The summed E-state index contributed by atoms with van der Waals surface area (Å²) in [6.45, 7) is 11.3. The van der Waals surface area contributed by atoms with Gasteiger partial charge in [0.1, 0.15) is 0 Å². The van der Waals surface area contributed by atoms with Crippen LogP contribution in [-0.2, 0) is 26.8 Å². The average Bonchev–Trinajstić information content (AvgIpc) is 2.67. The fourth-order valence-corrected chi connectivity index (χ4v) is 3.81. The van der Waals surface area contributed by atoms with Gasteiger partial charge in [-0.1, -0.05) is 60.7 Å². The summed E-state index contributed by atoms with van der Waals surface area (Å²) in [6, 6.07) is 21.2. The lowest BCUT2D eigenvalue weighted by Crippen LogP contribution is -2.39. The van der Waals surface area contributed by atoms with E-state index in [1.807, 2.05) is 60.7 Å². The molecule has 0 atom stereocenters. The molecule has 0 spiro atoms. The minimum atomic E-state index is -1.40. The van der Waals surface area contributed by atoms with E-state index in [1.54, 1.807) is 0 Å². The Morgan fingerprint density at radius 3 is 1.56 bits per heavy atom. The van der Waals surface area contributed by atoms with E-state index in [2.05, 4.69) is 32.6 Å². The van der Waals surface area contributed by atoms with Crippen molar-refractivity contribution in [3.05, 3.63) is 71.8 Å². The maximum absolute atomic E-state index is 6.00. The predicted molar refractivity (Wildman–Crippen MR) is 112 cm³/mol. The van der Waals surface area contributed by atoms with Crippen LogP contribution in [0.5, 0.6) is 0 Å². The highest BCUT2D eigenvalue weighted by Gasteiger charge is 2.17. The third kappa shape index (κ3) is 8.50. The normalized spacial score (nSPS) is 11.9. The lowest BCUT2D eigenvalue weighted by molar-refractivity contribution is 0.110. The lowest BCUT2D eigenvalue weighted by Gasteiger charge is -2.30. The van der Waals surface area contributed by atoms with E-state index in [1.165, 1.54) is 0 Å². The molecule has 0 fully saturated rings. The number of hydrogen-bond donors (Lipinski definition) is 0. The molecular weight excluding hydrogens is 357 g/mol. The first-order valence-electron chi connectivity index (χ1n) is 9.58.